The maximum Gasteiger partial charge on any atom is 0.505 e. The molecule has 0 aliphatic rings. The Morgan fingerprint density at radius 3 is 2.62 bits per heavy atom. The zero-order valence-corrected chi connectivity index (χ0v) is 14.6. The van der Waals surface area contributed by atoms with Gasteiger partial charge in [0.1, 0.15) is 5.69 Å². The van der Waals surface area contributed by atoms with Gasteiger partial charge >= 0.3 is 12.9 Å². The van der Waals surface area contributed by atoms with Gasteiger partial charge in [-0.25, -0.2) is 0 Å². The minimum Gasteiger partial charge on any atom is -0.431 e. The largest absolute Gasteiger partial charge is 0.505 e. The van der Waals surface area contributed by atoms with E-state index in [1.54, 1.807) is 6.07 Å². The van der Waals surface area contributed by atoms with Gasteiger partial charge < -0.3 is 14.4 Å². The van der Waals surface area contributed by atoms with E-state index >= 15 is 0 Å². The lowest BCUT2D eigenvalue weighted by molar-refractivity contribution is -0.212. The second-order valence-electron chi connectivity index (χ2n) is 4.76. The van der Waals surface area contributed by atoms with Crippen LogP contribution in [0.4, 0.5) is 27.6 Å². The van der Waals surface area contributed by atoms with E-state index < -0.39 is 18.1 Å². The number of aromatic amines is 1. The average Bonchev–Trinajstić information content (AvgIpc) is 3.11. The zero-order valence-electron chi connectivity index (χ0n) is 12.2. The number of ether oxygens (including phenoxy) is 1. The summed E-state index contributed by atoms with van der Waals surface area (Å²) >= 11 is 12.4. The summed E-state index contributed by atoms with van der Waals surface area (Å²) in [6.07, 6.45) is -2.38. The van der Waals surface area contributed by atoms with E-state index in [0.717, 1.165) is 18.1 Å². The normalized spacial score (nSPS) is 12.2. The molecule has 0 amide bonds. The van der Waals surface area contributed by atoms with Crippen molar-refractivity contribution in [3.8, 4) is 5.75 Å². The summed E-state index contributed by atoms with van der Waals surface area (Å²) in [6, 6.07) is 2.92. The number of aromatic nitrogens is 3. The van der Waals surface area contributed by atoms with Crippen molar-refractivity contribution >= 4 is 51.7 Å². The standard InChI is InChI=1S/C13H7Cl2F5N4OS/c14-6-2-1-5-8(4-21-9(5)10(6)25-12(16)17)26-23-7-3-22-24(11(7)15)13(18,19)20/h1-4,12,21,23H. The van der Waals surface area contributed by atoms with Crippen molar-refractivity contribution in [2.24, 2.45) is 0 Å². The Kier molecular flexibility index (Phi) is 5.13. The Labute approximate surface area is 156 Å². The lowest BCUT2D eigenvalue weighted by atomic mass is 10.2. The van der Waals surface area contributed by atoms with E-state index in [1.807, 2.05) is 0 Å². The number of nitrogens with one attached hydrogen (secondary N) is 2. The third-order valence-electron chi connectivity index (χ3n) is 3.15. The molecule has 3 aromatic rings. The van der Waals surface area contributed by atoms with Crippen molar-refractivity contribution < 1.29 is 26.7 Å². The molecule has 3 rings (SSSR count). The van der Waals surface area contributed by atoms with E-state index in [0.29, 0.717) is 10.3 Å². The average molecular weight is 433 g/mol. The van der Waals surface area contributed by atoms with E-state index in [-0.39, 0.29) is 26.7 Å². The van der Waals surface area contributed by atoms with Crippen LogP contribution < -0.4 is 9.46 Å². The van der Waals surface area contributed by atoms with Crippen LogP contribution in [0.2, 0.25) is 10.2 Å². The molecule has 2 heterocycles. The molecule has 1 aromatic carbocycles. The summed E-state index contributed by atoms with van der Waals surface area (Å²) < 4.78 is 69.8. The maximum absolute atomic E-state index is 12.7. The molecule has 2 N–H and O–H groups in total. The number of anilines is 1. The number of H-pyrrole nitrogens is 1. The third kappa shape index (κ3) is 3.64. The first-order valence-electron chi connectivity index (χ1n) is 6.66. The van der Waals surface area contributed by atoms with Crippen LogP contribution in [0.3, 0.4) is 0 Å². The Balaban J connectivity index is 1.86. The molecule has 0 unspecified atom stereocenters. The first kappa shape index (κ1) is 18.9. The Morgan fingerprint density at radius 1 is 1.27 bits per heavy atom. The van der Waals surface area contributed by atoms with Crippen LogP contribution in [0.5, 0.6) is 5.75 Å². The molecule has 0 saturated heterocycles. The van der Waals surface area contributed by atoms with Gasteiger partial charge in [-0.1, -0.05) is 23.2 Å². The van der Waals surface area contributed by atoms with Crippen molar-refractivity contribution in [3.05, 3.63) is 34.7 Å². The van der Waals surface area contributed by atoms with Crippen LogP contribution in [-0.4, -0.2) is 21.4 Å². The number of alkyl halides is 5. The van der Waals surface area contributed by atoms with Gasteiger partial charge in [0, 0.05) is 11.6 Å². The van der Waals surface area contributed by atoms with E-state index in [9.17, 15) is 22.0 Å². The fourth-order valence-corrected chi connectivity index (χ4v) is 3.36. The summed E-state index contributed by atoms with van der Waals surface area (Å²) in [5.41, 5.74) is 0.153. The molecule has 2 aromatic heterocycles. The summed E-state index contributed by atoms with van der Waals surface area (Å²) in [7, 11) is 0. The smallest absolute Gasteiger partial charge is 0.431 e. The molecule has 0 fully saturated rings. The highest BCUT2D eigenvalue weighted by molar-refractivity contribution is 8.00. The topological polar surface area (TPSA) is 54.9 Å². The molecule has 13 heteroatoms. The number of nitrogens with zero attached hydrogens (tertiary/aromatic N) is 2. The second-order valence-corrected chi connectivity index (χ2v) is 6.38. The van der Waals surface area contributed by atoms with Crippen molar-refractivity contribution in [2.75, 3.05) is 4.72 Å². The highest BCUT2D eigenvalue weighted by Crippen LogP contribution is 2.39. The number of hydrogen-bond donors (Lipinski definition) is 2. The third-order valence-corrected chi connectivity index (χ3v) is 4.69. The molecular weight excluding hydrogens is 426 g/mol. The first-order valence-corrected chi connectivity index (χ1v) is 8.23. The fraction of sp³-hybridized carbons (Fsp3) is 0.154. The molecular formula is C13H7Cl2F5N4OS. The highest BCUT2D eigenvalue weighted by Gasteiger charge is 2.35. The van der Waals surface area contributed by atoms with Crippen molar-refractivity contribution in [1.82, 2.24) is 14.8 Å². The van der Waals surface area contributed by atoms with Gasteiger partial charge in [0.2, 0.25) is 0 Å². The zero-order chi connectivity index (χ0) is 19.1. The maximum atomic E-state index is 12.7. The number of benzene rings is 1. The first-order chi connectivity index (χ1) is 12.2. The minimum absolute atomic E-state index is 0.0151. The van der Waals surface area contributed by atoms with Crippen molar-refractivity contribution in [1.29, 1.82) is 0 Å². The molecule has 0 radical (unpaired) electrons. The minimum atomic E-state index is -4.75. The Morgan fingerprint density at radius 2 is 2.00 bits per heavy atom. The summed E-state index contributed by atoms with van der Waals surface area (Å²) in [4.78, 5) is 3.24. The fourth-order valence-electron chi connectivity index (χ4n) is 2.10. The second kappa shape index (κ2) is 7.05. The molecule has 0 bridgehead atoms. The van der Waals surface area contributed by atoms with Gasteiger partial charge in [-0.15, -0.1) is 13.2 Å². The molecule has 0 aliphatic carbocycles. The number of halogens is 7. The number of fused-ring (bicyclic) bond motifs is 1. The van der Waals surface area contributed by atoms with Crippen LogP contribution in [0.25, 0.3) is 10.9 Å². The van der Waals surface area contributed by atoms with E-state index in [4.69, 9.17) is 23.2 Å². The quantitative estimate of drug-likeness (QED) is 0.391. The van der Waals surface area contributed by atoms with Crippen LogP contribution in [0.1, 0.15) is 0 Å². The van der Waals surface area contributed by atoms with Gasteiger partial charge in [-0.05, 0) is 24.1 Å². The van der Waals surface area contributed by atoms with Crippen molar-refractivity contribution in [2.45, 2.75) is 17.8 Å². The summed E-state index contributed by atoms with van der Waals surface area (Å²) in [6.45, 7) is -3.07. The molecule has 0 saturated carbocycles. The van der Waals surface area contributed by atoms with E-state index in [1.165, 1.54) is 12.3 Å². The van der Waals surface area contributed by atoms with Gasteiger partial charge in [0.05, 0.1) is 21.6 Å². The lowest BCUT2D eigenvalue weighted by Crippen LogP contribution is -2.18. The molecule has 0 aliphatic heterocycles. The van der Waals surface area contributed by atoms with Crippen LogP contribution in [0, 0.1) is 0 Å². The number of hydrogen-bond acceptors (Lipinski definition) is 4. The van der Waals surface area contributed by atoms with Gasteiger partial charge in [0.25, 0.3) is 0 Å². The van der Waals surface area contributed by atoms with Gasteiger partial charge in [0.15, 0.2) is 10.9 Å². The van der Waals surface area contributed by atoms with E-state index in [2.05, 4.69) is 19.5 Å². The summed E-state index contributed by atoms with van der Waals surface area (Å²) in [5, 5.41) is 2.98. The van der Waals surface area contributed by atoms with Crippen molar-refractivity contribution in [3.63, 3.8) is 0 Å². The molecule has 5 nitrogen and oxygen atoms in total. The molecule has 140 valence electrons. The van der Waals surface area contributed by atoms with Gasteiger partial charge in [-0.3, -0.25) is 0 Å². The van der Waals surface area contributed by atoms with Crippen LogP contribution in [-0.2, 0) is 6.30 Å². The lowest BCUT2D eigenvalue weighted by Gasteiger charge is -2.09. The molecule has 26 heavy (non-hydrogen) atoms. The highest BCUT2D eigenvalue weighted by atomic mass is 35.5. The number of rotatable bonds is 5. The predicted molar refractivity (Wildman–Crippen MR) is 88.0 cm³/mol. The Hall–Kier alpha value is -1.85. The van der Waals surface area contributed by atoms with Crippen LogP contribution in [0.15, 0.2) is 29.4 Å². The monoisotopic (exact) mass is 432 g/mol. The SMILES string of the molecule is FC(F)Oc1c(Cl)ccc2c(SNc3cnn(C(F)(F)F)c3Cl)c[nH]c12. The van der Waals surface area contributed by atoms with Gasteiger partial charge in [-0.2, -0.15) is 18.6 Å². The predicted octanol–water partition coefficient (Wildman–Crippen LogP) is 5.87. The van der Waals surface area contributed by atoms with Crippen LogP contribution >= 0.6 is 35.1 Å². The molecule has 0 atom stereocenters. The molecule has 0 spiro atoms. The Bertz CT molecular complexity index is 943. The summed E-state index contributed by atoms with van der Waals surface area (Å²) in [5.74, 6) is -0.228.